The van der Waals surface area contributed by atoms with E-state index < -0.39 is 17.2 Å². The smallest absolute Gasteiger partial charge is 0.408 e. The predicted octanol–water partition coefficient (Wildman–Crippen LogP) is 3.17. The van der Waals surface area contributed by atoms with Crippen LogP contribution in [0.1, 0.15) is 46.1 Å². The van der Waals surface area contributed by atoms with Gasteiger partial charge in [-0.05, 0) is 45.7 Å². The summed E-state index contributed by atoms with van der Waals surface area (Å²) >= 11 is 0. The first kappa shape index (κ1) is 16.5. The van der Waals surface area contributed by atoms with Gasteiger partial charge in [0.2, 0.25) is 0 Å². The molecule has 20 heavy (non-hydrogen) atoms. The largest absolute Gasteiger partial charge is 0.444 e. The molecule has 112 valence electrons. The fourth-order valence-electron chi connectivity index (χ4n) is 2.25. The quantitative estimate of drug-likeness (QED) is 0.869. The Balaban J connectivity index is 2.98. The lowest BCUT2D eigenvalue weighted by atomic mass is 9.84. The van der Waals surface area contributed by atoms with Crippen molar-refractivity contribution in [3.05, 3.63) is 35.9 Å². The van der Waals surface area contributed by atoms with Gasteiger partial charge in [0.15, 0.2) is 0 Å². The highest BCUT2D eigenvalue weighted by Gasteiger charge is 2.33. The van der Waals surface area contributed by atoms with Crippen LogP contribution in [0.25, 0.3) is 0 Å². The minimum Gasteiger partial charge on any atom is -0.444 e. The molecule has 0 radical (unpaired) electrons. The zero-order valence-corrected chi connectivity index (χ0v) is 12.9. The van der Waals surface area contributed by atoms with Crippen LogP contribution in [0.5, 0.6) is 0 Å². The summed E-state index contributed by atoms with van der Waals surface area (Å²) in [5.74, 6) is 0. The Morgan fingerprint density at radius 3 is 2.30 bits per heavy atom. The highest BCUT2D eigenvalue weighted by molar-refractivity contribution is 5.69. The van der Waals surface area contributed by atoms with Crippen molar-refractivity contribution in [2.75, 3.05) is 6.54 Å². The Bertz CT molecular complexity index is 426. The molecule has 0 heterocycles. The maximum atomic E-state index is 12.1. The van der Waals surface area contributed by atoms with Gasteiger partial charge in [-0.1, -0.05) is 37.3 Å². The molecule has 3 N–H and O–H groups in total. The number of benzene rings is 1. The van der Waals surface area contributed by atoms with Gasteiger partial charge < -0.3 is 15.8 Å². The van der Waals surface area contributed by atoms with Crippen LogP contribution in [0, 0.1) is 0 Å². The second-order valence-electron chi connectivity index (χ2n) is 5.97. The summed E-state index contributed by atoms with van der Waals surface area (Å²) < 4.78 is 5.37. The Labute approximate surface area is 121 Å². The molecule has 0 aromatic heterocycles. The molecule has 1 amide bonds. The van der Waals surface area contributed by atoms with Crippen molar-refractivity contribution in [3.63, 3.8) is 0 Å². The molecule has 0 spiro atoms. The number of alkyl carbamates (subject to hydrolysis) is 1. The Kier molecular flexibility index (Phi) is 5.57. The first-order valence-electron chi connectivity index (χ1n) is 7.10. The summed E-state index contributed by atoms with van der Waals surface area (Å²) in [5, 5.41) is 3.01. The highest BCUT2D eigenvalue weighted by Crippen LogP contribution is 2.28. The number of nitrogens with one attached hydrogen (secondary N) is 1. The Hall–Kier alpha value is -1.55. The monoisotopic (exact) mass is 278 g/mol. The maximum absolute atomic E-state index is 12.1. The lowest BCUT2D eigenvalue weighted by molar-refractivity contribution is 0.0442. The number of ether oxygens (including phenoxy) is 1. The van der Waals surface area contributed by atoms with Crippen molar-refractivity contribution in [1.82, 2.24) is 5.32 Å². The van der Waals surface area contributed by atoms with Crippen LogP contribution in [0.3, 0.4) is 0 Å². The number of hydrogen-bond donors (Lipinski definition) is 2. The highest BCUT2D eigenvalue weighted by atomic mass is 16.6. The van der Waals surface area contributed by atoms with Gasteiger partial charge in [-0.2, -0.15) is 0 Å². The fourth-order valence-corrected chi connectivity index (χ4v) is 2.25. The standard InChI is InChI=1S/C16H26N2O2/c1-5-16(11-12-17,13-9-7-6-8-10-13)18-14(19)20-15(2,3)4/h6-10H,5,11-12,17H2,1-4H3,(H,18,19). The van der Waals surface area contributed by atoms with Crippen molar-refractivity contribution < 1.29 is 9.53 Å². The summed E-state index contributed by atoms with van der Waals surface area (Å²) in [6.45, 7) is 8.10. The summed E-state index contributed by atoms with van der Waals surface area (Å²) in [5.41, 5.74) is 5.81. The van der Waals surface area contributed by atoms with Crippen LogP contribution in [0.2, 0.25) is 0 Å². The van der Waals surface area contributed by atoms with Crippen molar-refractivity contribution >= 4 is 6.09 Å². The Morgan fingerprint density at radius 2 is 1.85 bits per heavy atom. The summed E-state index contributed by atoms with van der Waals surface area (Å²) in [6.07, 6.45) is 1.02. The van der Waals surface area contributed by atoms with E-state index in [0.717, 1.165) is 12.0 Å². The molecule has 0 fully saturated rings. The minimum atomic E-state index is -0.511. The third kappa shape index (κ3) is 4.53. The maximum Gasteiger partial charge on any atom is 0.408 e. The molecule has 1 rings (SSSR count). The summed E-state index contributed by atoms with van der Waals surface area (Å²) in [6, 6.07) is 9.91. The molecule has 0 aliphatic rings. The third-order valence-electron chi connectivity index (χ3n) is 3.24. The zero-order valence-electron chi connectivity index (χ0n) is 12.9. The first-order chi connectivity index (χ1) is 9.33. The molecule has 1 aromatic carbocycles. The molecular formula is C16H26N2O2. The number of hydrogen-bond acceptors (Lipinski definition) is 3. The van der Waals surface area contributed by atoms with E-state index >= 15 is 0 Å². The SMILES string of the molecule is CCC(CCN)(NC(=O)OC(C)(C)C)c1ccccc1. The summed E-state index contributed by atoms with van der Waals surface area (Å²) in [4.78, 5) is 12.1. The lowest BCUT2D eigenvalue weighted by Crippen LogP contribution is -2.48. The number of carbonyl (C=O) groups is 1. The van der Waals surface area contributed by atoms with Crippen molar-refractivity contribution in [2.45, 2.75) is 51.7 Å². The van der Waals surface area contributed by atoms with Crippen LogP contribution >= 0.6 is 0 Å². The molecule has 1 atom stereocenters. The van der Waals surface area contributed by atoms with E-state index in [4.69, 9.17) is 10.5 Å². The van der Waals surface area contributed by atoms with Gasteiger partial charge in [-0.3, -0.25) is 0 Å². The molecule has 0 aliphatic heterocycles. The molecule has 1 unspecified atom stereocenters. The number of rotatable bonds is 5. The van der Waals surface area contributed by atoms with E-state index in [2.05, 4.69) is 5.32 Å². The van der Waals surface area contributed by atoms with Crippen LogP contribution in [0.4, 0.5) is 4.79 Å². The van der Waals surface area contributed by atoms with E-state index in [-0.39, 0.29) is 0 Å². The lowest BCUT2D eigenvalue weighted by Gasteiger charge is -2.35. The summed E-state index contributed by atoms with van der Waals surface area (Å²) in [7, 11) is 0. The van der Waals surface area contributed by atoms with Gasteiger partial charge in [0.1, 0.15) is 5.60 Å². The molecule has 4 nitrogen and oxygen atoms in total. The molecule has 0 aliphatic carbocycles. The van der Waals surface area contributed by atoms with Gasteiger partial charge in [-0.25, -0.2) is 4.79 Å². The second-order valence-corrected chi connectivity index (χ2v) is 5.97. The van der Waals surface area contributed by atoms with E-state index in [1.54, 1.807) is 0 Å². The molecular weight excluding hydrogens is 252 g/mol. The molecule has 0 saturated carbocycles. The van der Waals surface area contributed by atoms with Crippen LogP contribution < -0.4 is 11.1 Å². The number of nitrogens with two attached hydrogens (primary N) is 1. The molecule has 0 saturated heterocycles. The van der Waals surface area contributed by atoms with Crippen molar-refractivity contribution in [1.29, 1.82) is 0 Å². The van der Waals surface area contributed by atoms with E-state index in [9.17, 15) is 4.79 Å². The minimum absolute atomic E-state index is 0.406. The third-order valence-corrected chi connectivity index (χ3v) is 3.24. The average molecular weight is 278 g/mol. The van der Waals surface area contributed by atoms with Gasteiger partial charge in [0.05, 0.1) is 5.54 Å². The fraction of sp³-hybridized carbons (Fsp3) is 0.562. The van der Waals surface area contributed by atoms with Crippen LogP contribution in [0.15, 0.2) is 30.3 Å². The predicted molar refractivity (Wildman–Crippen MR) is 81.5 cm³/mol. The molecule has 4 heteroatoms. The average Bonchev–Trinajstić information content (AvgIpc) is 2.37. The Morgan fingerprint density at radius 1 is 1.25 bits per heavy atom. The molecule has 0 bridgehead atoms. The zero-order chi connectivity index (χ0) is 15.2. The van der Waals surface area contributed by atoms with Crippen LogP contribution in [-0.2, 0) is 10.3 Å². The van der Waals surface area contributed by atoms with Gasteiger partial charge in [0.25, 0.3) is 0 Å². The number of carbonyl (C=O) groups excluding carboxylic acids is 1. The van der Waals surface area contributed by atoms with E-state index in [1.807, 2.05) is 58.0 Å². The first-order valence-corrected chi connectivity index (χ1v) is 7.10. The van der Waals surface area contributed by atoms with Gasteiger partial charge in [0, 0.05) is 0 Å². The van der Waals surface area contributed by atoms with Crippen LogP contribution in [-0.4, -0.2) is 18.2 Å². The number of amides is 1. The molecule has 1 aromatic rings. The second kappa shape index (κ2) is 6.75. The topological polar surface area (TPSA) is 64.3 Å². The van der Waals surface area contributed by atoms with E-state index in [0.29, 0.717) is 13.0 Å². The van der Waals surface area contributed by atoms with Gasteiger partial charge in [-0.15, -0.1) is 0 Å². The van der Waals surface area contributed by atoms with Crippen molar-refractivity contribution in [2.24, 2.45) is 5.73 Å². The van der Waals surface area contributed by atoms with Crippen molar-refractivity contribution in [3.8, 4) is 0 Å². The van der Waals surface area contributed by atoms with E-state index in [1.165, 1.54) is 0 Å². The van der Waals surface area contributed by atoms with Gasteiger partial charge >= 0.3 is 6.09 Å². The normalized spacial score (nSPS) is 14.4.